The molecule has 0 aromatic heterocycles. The zero-order valence-corrected chi connectivity index (χ0v) is 17.1. The van der Waals surface area contributed by atoms with Crippen LogP contribution < -0.4 is 61.3 Å². The van der Waals surface area contributed by atoms with Crippen LogP contribution >= 0.6 is 0 Å². The molecule has 0 saturated carbocycles. The summed E-state index contributed by atoms with van der Waals surface area (Å²) in [5.74, 6) is 0. The van der Waals surface area contributed by atoms with Crippen molar-refractivity contribution in [2.24, 2.45) is 0 Å². The van der Waals surface area contributed by atoms with Crippen molar-refractivity contribution in [3.63, 3.8) is 0 Å². The molecule has 28 heavy (non-hydrogen) atoms. The van der Waals surface area contributed by atoms with Crippen LogP contribution in [-0.2, 0) is 69.4 Å². The zero-order chi connectivity index (χ0) is 21.5. The monoisotopic (exact) mass is 568 g/mol. The number of carboxylic acid groups (broad SMARTS) is 12. The van der Waals surface area contributed by atoms with Gasteiger partial charge in [-0.15, -0.1) is 0 Å². The van der Waals surface area contributed by atoms with Gasteiger partial charge in [-0.2, -0.15) is 0 Å². The molecule has 0 rings (SSSR count). The molecule has 0 saturated heterocycles. The molecule has 0 spiro atoms. The van der Waals surface area contributed by atoms with Crippen LogP contribution in [0.1, 0.15) is 0 Å². The van der Waals surface area contributed by atoms with Crippen LogP contribution in [0.4, 0.5) is 28.8 Å². The van der Waals surface area contributed by atoms with Crippen LogP contribution in [0.2, 0.25) is 0 Å². The standard InChI is InChI=1S/6CH2O3.4Cr/c6*2-1(3)4;;;;/h6*(H2,2,3,4);;;;/q;;;;;;4*+3/p-12. The fraction of sp³-hybridized carbons (Fsp3) is 0. The Bertz CT molecular complexity index is 267. The second kappa shape index (κ2) is 56.3. The van der Waals surface area contributed by atoms with E-state index in [1.54, 1.807) is 0 Å². The summed E-state index contributed by atoms with van der Waals surface area (Å²) in [5, 5.41) is 100. The molecule has 0 atom stereocenters. The molecule has 156 valence electrons. The third kappa shape index (κ3) is 2430. The largest absolute Gasteiger partial charge is 3.00 e. The van der Waals surface area contributed by atoms with Gasteiger partial charge in [-0.1, -0.05) is 0 Å². The van der Waals surface area contributed by atoms with Gasteiger partial charge in [0.05, 0.1) is 0 Å². The molecule has 0 fully saturated rings. The molecule has 0 N–H and O–H groups in total. The van der Waals surface area contributed by atoms with Crippen molar-refractivity contribution in [1.82, 2.24) is 0 Å². The normalized spacial score (nSPS) is 5.14. The Labute approximate surface area is 196 Å². The van der Waals surface area contributed by atoms with Gasteiger partial charge in [-0.3, -0.25) is 0 Å². The average molecular weight is 568 g/mol. The van der Waals surface area contributed by atoms with Crippen LogP contribution in [0.15, 0.2) is 0 Å². The molecule has 0 aliphatic heterocycles. The molecule has 18 nitrogen and oxygen atoms in total. The maximum absolute atomic E-state index is 8.33. The maximum atomic E-state index is 8.33. The van der Waals surface area contributed by atoms with Crippen LogP contribution in [-0.4, -0.2) is 36.9 Å². The minimum Gasteiger partial charge on any atom is -0.652 e. The second-order valence-corrected chi connectivity index (χ2v) is 1.50. The minimum atomic E-state index is -2.33. The SMILES string of the molecule is O=C([O-])[O-].O=C([O-])[O-].O=C([O-])[O-].O=C([O-])[O-].O=C([O-])[O-].O=C([O-])[O-].[Cr+3].[Cr+3].[Cr+3].[Cr+3]. The van der Waals surface area contributed by atoms with E-state index in [-0.39, 0.29) is 69.4 Å². The summed E-state index contributed by atoms with van der Waals surface area (Å²) >= 11 is 0. The van der Waals surface area contributed by atoms with E-state index in [9.17, 15) is 0 Å². The van der Waals surface area contributed by atoms with E-state index in [2.05, 4.69) is 0 Å². The van der Waals surface area contributed by atoms with Crippen molar-refractivity contribution in [2.45, 2.75) is 0 Å². The molecule has 4 radical (unpaired) electrons. The second-order valence-electron chi connectivity index (χ2n) is 1.50. The topological polar surface area (TPSA) is 379 Å². The molecular weight excluding hydrogens is 568 g/mol. The first-order valence-corrected chi connectivity index (χ1v) is 3.67. The van der Waals surface area contributed by atoms with E-state index in [0.717, 1.165) is 0 Å². The van der Waals surface area contributed by atoms with Crippen LogP contribution in [0, 0.1) is 0 Å². The molecule has 0 heterocycles. The molecule has 0 aliphatic carbocycles. The summed E-state index contributed by atoms with van der Waals surface area (Å²) in [7, 11) is 0. The number of carbonyl (C=O) groups is 6. The quantitative estimate of drug-likeness (QED) is 0.262. The van der Waals surface area contributed by atoms with E-state index >= 15 is 0 Å². The zero-order valence-electron chi connectivity index (χ0n) is 12.0. The van der Waals surface area contributed by atoms with Crippen molar-refractivity contribution in [3.8, 4) is 0 Å². The molecule has 0 aliphatic rings. The van der Waals surface area contributed by atoms with Gasteiger partial charge in [0, 0.05) is 0 Å². The van der Waals surface area contributed by atoms with E-state index in [0.29, 0.717) is 0 Å². The van der Waals surface area contributed by atoms with Crippen molar-refractivity contribution in [2.75, 3.05) is 0 Å². The fourth-order valence-electron chi connectivity index (χ4n) is 0. The Hall–Kier alpha value is -2.25. The fourth-order valence-corrected chi connectivity index (χ4v) is 0. The smallest absolute Gasteiger partial charge is 0.652 e. The van der Waals surface area contributed by atoms with Crippen molar-refractivity contribution >= 4 is 36.9 Å². The molecule has 0 unspecified atom stereocenters. The van der Waals surface area contributed by atoms with Gasteiger partial charge in [-0.25, -0.2) is 0 Å². The third-order valence-corrected chi connectivity index (χ3v) is 0. The van der Waals surface area contributed by atoms with Crippen LogP contribution in [0.25, 0.3) is 0 Å². The first-order chi connectivity index (χ1) is 10.4. The Kier molecular flexibility index (Phi) is 128. The summed E-state index contributed by atoms with van der Waals surface area (Å²) in [6.07, 6.45) is -14.0. The summed E-state index contributed by atoms with van der Waals surface area (Å²) in [6.45, 7) is 0. The van der Waals surface area contributed by atoms with Gasteiger partial charge in [0.15, 0.2) is 0 Å². The van der Waals surface area contributed by atoms with Crippen LogP contribution in [0.5, 0.6) is 0 Å². The minimum absolute atomic E-state index is 0. The first-order valence-electron chi connectivity index (χ1n) is 3.67. The third-order valence-electron chi connectivity index (χ3n) is 0. The van der Waals surface area contributed by atoms with Gasteiger partial charge < -0.3 is 90.0 Å². The Morgan fingerprint density at radius 2 is 0.250 bits per heavy atom. The number of hydrogen-bond donors (Lipinski definition) is 0. The molecule has 0 bridgehead atoms. The van der Waals surface area contributed by atoms with E-state index < -0.39 is 36.9 Å². The Balaban J connectivity index is -0.0000000169. The average Bonchev–Trinajstić information content (AvgIpc) is 2.08. The summed E-state index contributed by atoms with van der Waals surface area (Å²) < 4.78 is 0. The molecule has 0 aromatic rings. The van der Waals surface area contributed by atoms with Gasteiger partial charge >= 0.3 is 69.4 Å². The predicted molar refractivity (Wildman–Crippen MR) is 32.4 cm³/mol. The maximum Gasteiger partial charge on any atom is 3.00 e. The summed E-state index contributed by atoms with van der Waals surface area (Å²) in [4.78, 5) is 50.0. The summed E-state index contributed by atoms with van der Waals surface area (Å²) in [5.41, 5.74) is 0. The molecular formula is C6Cr4O18. The predicted octanol–water partition coefficient (Wildman–Crippen LogP) is -14.7. The van der Waals surface area contributed by atoms with Crippen molar-refractivity contribution < 1.29 is 159 Å². The van der Waals surface area contributed by atoms with Gasteiger partial charge in [-0.05, 0) is 36.9 Å². The van der Waals surface area contributed by atoms with Gasteiger partial charge in [0.1, 0.15) is 0 Å². The first kappa shape index (κ1) is 63.6. The van der Waals surface area contributed by atoms with Gasteiger partial charge in [0.2, 0.25) is 0 Å². The van der Waals surface area contributed by atoms with E-state index in [4.69, 9.17) is 90.0 Å². The summed E-state index contributed by atoms with van der Waals surface area (Å²) in [6, 6.07) is 0. The van der Waals surface area contributed by atoms with Crippen molar-refractivity contribution in [1.29, 1.82) is 0 Å². The molecule has 0 amide bonds. The van der Waals surface area contributed by atoms with Crippen LogP contribution in [0.3, 0.4) is 0 Å². The molecule has 0 aromatic carbocycles. The number of hydrogen-bond acceptors (Lipinski definition) is 18. The van der Waals surface area contributed by atoms with Crippen molar-refractivity contribution in [3.05, 3.63) is 0 Å². The number of rotatable bonds is 0. The molecule has 22 heteroatoms. The Morgan fingerprint density at radius 1 is 0.250 bits per heavy atom. The van der Waals surface area contributed by atoms with Gasteiger partial charge in [0.25, 0.3) is 0 Å². The number of carbonyl (C=O) groups excluding carboxylic acids is 6. The van der Waals surface area contributed by atoms with E-state index in [1.165, 1.54) is 0 Å². The Morgan fingerprint density at radius 3 is 0.250 bits per heavy atom. The van der Waals surface area contributed by atoms with E-state index in [1.807, 2.05) is 0 Å².